The molecule has 0 atom stereocenters. The van der Waals surface area contributed by atoms with Crippen LogP contribution in [0.5, 0.6) is 11.5 Å². The summed E-state index contributed by atoms with van der Waals surface area (Å²) in [4.78, 5) is 17.5. The van der Waals surface area contributed by atoms with Crippen molar-refractivity contribution in [1.29, 1.82) is 0 Å². The number of rotatable bonds is 3. The van der Waals surface area contributed by atoms with Crippen LogP contribution in [-0.2, 0) is 6.54 Å². The first-order valence-electron chi connectivity index (χ1n) is 8.34. The van der Waals surface area contributed by atoms with Crippen molar-refractivity contribution in [3.8, 4) is 11.5 Å². The van der Waals surface area contributed by atoms with Gasteiger partial charge in [-0.1, -0.05) is 0 Å². The van der Waals surface area contributed by atoms with Crippen LogP contribution in [0.1, 0.15) is 17.8 Å². The van der Waals surface area contributed by atoms with Crippen molar-refractivity contribution in [3.63, 3.8) is 0 Å². The van der Waals surface area contributed by atoms with Gasteiger partial charge in [-0.2, -0.15) is 0 Å². The summed E-state index contributed by atoms with van der Waals surface area (Å²) >= 11 is 0. The Morgan fingerprint density at radius 2 is 2.00 bits per heavy atom. The smallest absolute Gasteiger partial charge is 0.261 e. The summed E-state index contributed by atoms with van der Waals surface area (Å²) in [6, 6.07) is 10.8. The van der Waals surface area contributed by atoms with Crippen LogP contribution in [0, 0.1) is 0 Å². The van der Waals surface area contributed by atoms with E-state index < -0.39 is 0 Å². The first-order valence-corrected chi connectivity index (χ1v) is 8.34. The number of ether oxygens (including phenoxy) is 2. The van der Waals surface area contributed by atoms with E-state index in [1.165, 1.54) is 0 Å². The van der Waals surface area contributed by atoms with Gasteiger partial charge in [-0.25, -0.2) is 4.98 Å². The number of allylic oxidation sites excluding steroid dienone is 1. The summed E-state index contributed by atoms with van der Waals surface area (Å²) in [6.45, 7) is 0.611. The summed E-state index contributed by atoms with van der Waals surface area (Å²) in [5.41, 5.74) is 8.90. The molecule has 2 aromatic carbocycles. The number of nitrogens with zero attached hydrogens (tertiary/aromatic N) is 2. The molecule has 2 N–H and O–H groups in total. The molecule has 2 heterocycles. The van der Waals surface area contributed by atoms with Crippen LogP contribution in [0.25, 0.3) is 22.6 Å². The zero-order chi connectivity index (χ0) is 18.3. The minimum absolute atomic E-state index is 0.0361. The maximum Gasteiger partial charge on any atom is 0.261 e. The van der Waals surface area contributed by atoms with E-state index in [9.17, 15) is 4.79 Å². The van der Waals surface area contributed by atoms with Crippen LogP contribution in [0.3, 0.4) is 0 Å². The summed E-state index contributed by atoms with van der Waals surface area (Å²) < 4.78 is 12.5. The number of aromatic nitrogens is 2. The normalized spacial score (nSPS) is 14.6. The number of hydrogen-bond donors (Lipinski definition) is 1. The molecule has 1 aliphatic heterocycles. The average Bonchev–Trinajstić information content (AvgIpc) is 3.04. The largest absolute Gasteiger partial charge is 0.497 e. The topological polar surface area (TPSA) is 79.4 Å². The molecule has 0 saturated carbocycles. The molecule has 4 rings (SSSR count). The second-order valence-electron chi connectivity index (χ2n) is 6.20. The number of nitrogen functional groups attached to an aromatic ring is 1. The van der Waals surface area contributed by atoms with Gasteiger partial charge in [0.15, 0.2) is 0 Å². The standard InChI is InChI=1S/C20H19N3O3/c1-25-15-4-6-18(26-2)13(10-15)9-12-7-8-23-19(12)22-17-11-14(21)3-5-16(17)20(23)24/h3-6,9-11H,7-8,21H2,1-2H3. The van der Waals surface area contributed by atoms with Crippen molar-refractivity contribution in [2.45, 2.75) is 13.0 Å². The summed E-state index contributed by atoms with van der Waals surface area (Å²) in [5.74, 6) is 2.16. The van der Waals surface area contributed by atoms with Crippen LogP contribution in [-0.4, -0.2) is 23.8 Å². The van der Waals surface area contributed by atoms with Gasteiger partial charge in [-0.05, 0) is 54.5 Å². The number of methoxy groups -OCH3 is 2. The van der Waals surface area contributed by atoms with E-state index >= 15 is 0 Å². The third-order valence-electron chi connectivity index (χ3n) is 4.64. The van der Waals surface area contributed by atoms with E-state index in [-0.39, 0.29) is 5.56 Å². The predicted molar refractivity (Wildman–Crippen MR) is 102 cm³/mol. The lowest BCUT2D eigenvalue weighted by molar-refractivity contribution is 0.402. The molecule has 0 unspecified atom stereocenters. The fourth-order valence-electron chi connectivity index (χ4n) is 3.31. The van der Waals surface area contributed by atoms with E-state index in [2.05, 4.69) is 0 Å². The molecule has 1 aliphatic rings. The molecule has 132 valence electrons. The quantitative estimate of drug-likeness (QED) is 0.736. The Balaban J connectivity index is 1.89. The van der Waals surface area contributed by atoms with Crippen molar-refractivity contribution in [3.05, 3.63) is 58.1 Å². The highest BCUT2D eigenvalue weighted by Gasteiger charge is 2.21. The van der Waals surface area contributed by atoms with E-state index in [0.717, 1.165) is 29.1 Å². The van der Waals surface area contributed by atoms with Crippen molar-refractivity contribution >= 4 is 28.2 Å². The van der Waals surface area contributed by atoms with Gasteiger partial charge >= 0.3 is 0 Å². The molecule has 6 nitrogen and oxygen atoms in total. The van der Waals surface area contributed by atoms with Crippen molar-refractivity contribution < 1.29 is 9.47 Å². The molecule has 0 spiro atoms. The summed E-state index contributed by atoms with van der Waals surface area (Å²) in [6.07, 6.45) is 2.74. The molecule has 0 radical (unpaired) electrons. The Hall–Kier alpha value is -3.28. The van der Waals surface area contributed by atoms with Gasteiger partial charge in [0.05, 0.1) is 25.1 Å². The van der Waals surface area contributed by atoms with Gasteiger partial charge in [0.2, 0.25) is 0 Å². The van der Waals surface area contributed by atoms with Crippen LogP contribution in [0.15, 0.2) is 41.2 Å². The maximum atomic E-state index is 12.8. The van der Waals surface area contributed by atoms with Gasteiger partial charge in [0, 0.05) is 17.8 Å². The van der Waals surface area contributed by atoms with E-state index in [4.69, 9.17) is 20.2 Å². The number of hydrogen-bond acceptors (Lipinski definition) is 5. The third-order valence-corrected chi connectivity index (χ3v) is 4.64. The Morgan fingerprint density at radius 3 is 2.77 bits per heavy atom. The predicted octanol–water partition coefficient (Wildman–Crippen LogP) is 2.94. The van der Waals surface area contributed by atoms with Crippen LogP contribution >= 0.6 is 0 Å². The Kier molecular flexibility index (Phi) is 3.88. The Labute approximate surface area is 150 Å². The van der Waals surface area contributed by atoms with Gasteiger partial charge in [-0.3, -0.25) is 9.36 Å². The molecule has 3 aromatic rings. The highest BCUT2D eigenvalue weighted by Crippen LogP contribution is 2.32. The van der Waals surface area contributed by atoms with Crippen molar-refractivity contribution in [2.75, 3.05) is 20.0 Å². The lowest BCUT2D eigenvalue weighted by Gasteiger charge is -2.09. The zero-order valence-corrected chi connectivity index (χ0v) is 14.7. The fraction of sp³-hybridized carbons (Fsp3) is 0.200. The van der Waals surface area contributed by atoms with Crippen molar-refractivity contribution in [2.24, 2.45) is 0 Å². The minimum atomic E-state index is -0.0361. The first kappa shape index (κ1) is 16.2. The molecular formula is C20H19N3O3. The molecule has 0 aliphatic carbocycles. The first-order chi connectivity index (χ1) is 12.6. The maximum absolute atomic E-state index is 12.8. The molecular weight excluding hydrogens is 330 g/mol. The van der Waals surface area contributed by atoms with E-state index in [1.807, 2.05) is 24.3 Å². The molecule has 6 heteroatoms. The average molecular weight is 349 g/mol. The SMILES string of the molecule is COc1ccc(OC)c(C=C2CCn3c2nc2cc(N)ccc2c3=O)c1. The van der Waals surface area contributed by atoms with Crippen LogP contribution < -0.4 is 20.8 Å². The van der Waals surface area contributed by atoms with Gasteiger partial charge in [0.25, 0.3) is 5.56 Å². The molecule has 1 aromatic heterocycles. The minimum Gasteiger partial charge on any atom is -0.497 e. The number of benzene rings is 2. The summed E-state index contributed by atoms with van der Waals surface area (Å²) in [5, 5.41) is 0.586. The molecule has 26 heavy (non-hydrogen) atoms. The van der Waals surface area contributed by atoms with Crippen LogP contribution in [0.4, 0.5) is 5.69 Å². The van der Waals surface area contributed by atoms with E-state index in [1.54, 1.807) is 37.0 Å². The lowest BCUT2D eigenvalue weighted by Crippen LogP contribution is -2.20. The summed E-state index contributed by atoms with van der Waals surface area (Å²) in [7, 11) is 3.26. The molecule has 0 bridgehead atoms. The lowest BCUT2D eigenvalue weighted by atomic mass is 10.1. The molecule has 0 fully saturated rings. The Morgan fingerprint density at radius 1 is 1.15 bits per heavy atom. The highest BCUT2D eigenvalue weighted by molar-refractivity contribution is 5.87. The van der Waals surface area contributed by atoms with Crippen molar-refractivity contribution in [1.82, 2.24) is 9.55 Å². The second kappa shape index (κ2) is 6.22. The number of nitrogens with two attached hydrogens (primary N) is 1. The van der Waals surface area contributed by atoms with E-state index in [0.29, 0.717) is 29.0 Å². The number of anilines is 1. The monoisotopic (exact) mass is 349 g/mol. The molecule has 0 saturated heterocycles. The molecule has 0 amide bonds. The van der Waals surface area contributed by atoms with Gasteiger partial charge < -0.3 is 15.2 Å². The van der Waals surface area contributed by atoms with Gasteiger partial charge in [-0.15, -0.1) is 0 Å². The Bertz CT molecular complexity index is 1100. The fourth-order valence-corrected chi connectivity index (χ4v) is 3.31. The zero-order valence-electron chi connectivity index (χ0n) is 14.7. The second-order valence-corrected chi connectivity index (χ2v) is 6.20. The number of fused-ring (bicyclic) bond motifs is 2. The van der Waals surface area contributed by atoms with Crippen LogP contribution in [0.2, 0.25) is 0 Å². The van der Waals surface area contributed by atoms with Gasteiger partial charge in [0.1, 0.15) is 17.3 Å². The highest BCUT2D eigenvalue weighted by atomic mass is 16.5. The third kappa shape index (κ3) is 2.60.